The molecule has 2 aromatic heterocycles. The van der Waals surface area contributed by atoms with Crippen LogP contribution in [0.3, 0.4) is 0 Å². The SMILES string of the molecule is CC(C#N)(NC(=O)CSc1nnc(-c2ccco2)n1Cc1ccccc1)C1CC1. The minimum absolute atomic E-state index is 0.162. The van der Waals surface area contributed by atoms with Crippen molar-refractivity contribution in [3.05, 3.63) is 54.3 Å². The number of nitriles is 1. The second-order valence-electron chi connectivity index (χ2n) is 7.28. The van der Waals surface area contributed by atoms with E-state index in [0.717, 1.165) is 18.4 Å². The Labute approximate surface area is 173 Å². The third-order valence-electron chi connectivity index (χ3n) is 5.00. The topological polar surface area (TPSA) is 96.7 Å². The summed E-state index contributed by atoms with van der Waals surface area (Å²) in [6, 6.07) is 15.9. The van der Waals surface area contributed by atoms with E-state index in [-0.39, 0.29) is 17.6 Å². The minimum Gasteiger partial charge on any atom is -0.461 e. The third-order valence-corrected chi connectivity index (χ3v) is 5.97. The van der Waals surface area contributed by atoms with Crippen molar-refractivity contribution in [2.45, 2.75) is 37.0 Å². The molecule has 8 heteroatoms. The fourth-order valence-electron chi connectivity index (χ4n) is 3.23. The first-order valence-corrected chi connectivity index (χ1v) is 10.4. The summed E-state index contributed by atoms with van der Waals surface area (Å²) in [7, 11) is 0. The van der Waals surface area contributed by atoms with Crippen molar-refractivity contribution in [2.75, 3.05) is 5.75 Å². The molecule has 1 atom stereocenters. The second kappa shape index (κ2) is 8.13. The quantitative estimate of drug-likeness (QED) is 0.574. The Morgan fingerprint density at radius 2 is 2.10 bits per heavy atom. The average molecular weight is 407 g/mol. The van der Waals surface area contributed by atoms with Crippen LogP contribution >= 0.6 is 11.8 Å². The maximum atomic E-state index is 12.5. The van der Waals surface area contributed by atoms with Gasteiger partial charge in [-0.3, -0.25) is 9.36 Å². The maximum absolute atomic E-state index is 12.5. The summed E-state index contributed by atoms with van der Waals surface area (Å²) in [5.74, 6) is 1.46. The number of nitrogens with zero attached hydrogens (tertiary/aromatic N) is 4. The van der Waals surface area contributed by atoms with Gasteiger partial charge in [-0.25, -0.2) is 0 Å². The van der Waals surface area contributed by atoms with Crippen molar-refractivity contribution in [1.29, 1.82) is 5.26 Å². The number of rotatable bonds is 8. The van der Waals surface area contributed by atoms with Crippen LogP contribution in [0.4, 0.5) is 0 Å². The number of benzene rings is 1. The van der Waals surface area contributed by atoms with E-state index in [1.165, 1.54) is 11.8 Å². The predicted octanol–water partition coefficient (Wildman–Crippen LogP) is 3.49. The average Bonchev–Trinajstić information content (AvgIpc) is 3.33. The number of carbonyl (C=O) groups is 1. The molecule has 1 unspecified atom stereocenters. The van der Waals surface area contributed by atoms with Gasteiger partial charge in [0.15, 0.2) is 10.9 Å². The lowest BCUT2D eigenvalue weighted by Crippen LogP contribution is -2.47. The van der Waals surface area contributed by atoms with Crippen LogP contribution in [0.25, 0.3) is 11.6 Å². The smallest absolute Gasteiger partial charge is 0.231 e. The monoisotopic (exact) mass is 407 g/mol. The molecule has 148 valence electrons. The molecule has 1 N–H and O–H groups in total. The normalized spacial score (nSPS) is 15.4. The Bertz CT molecular complexity index is 1020. The van der Waals surface area contributed by atoms with Crippen molar-refractivity contribution < 1.29 is 9.21 Å². The minimum atomic E-state index is -0.797. The van der Waals surface area contributed by atoms with Gasteiger partial charge in [0.25, 0.3) is 0 Å². The zero-order valence-electron chi connectivity index (χ0n) is 16.0. The van der Waals surface area contributed by atoms with Gasteiger partial charge in [-0.1, -0.05) is 42.1 Å². The Balaban J connectivity index is 1.51. The number of hydrogen-bond donors (Lipinski definition) is 1. The first-order valence-electron chi connectivity index (χ1n) is 9.45. The summed E-state index contributed by atoms with van der Waals surface area (Å²) in [5, 5.41) is 21.5. The zero-order valence-corrected chi connectivity index (χ0v) is 16.9. The molecule has 1 aliphatic rings. The molecule has 29 heavy (non-hydrogen) atoms. The van der Waals surface area contributed by atoms with Gasteiger partial charge in [0, 0.05) is 0 Å². The molecular formula is C21H21N5O2S. The first kappa shape index (κ1) is 19.3. The summed E-state index contributed by atoms with van der Waals surface area (Å²) < 4.78 is 7.44. The van der Waals surface area contributed by atoms with Crippen LogP contribution in [-0.2, 0) is 11.3 Å². The van der Waals surface area contributed by atoms with Crippen LogP contribution in [-0.4, -0.2) is 32.0 Å². The summed E-state index contributed by atoms with van der Waals surface area (Å²) in [5.41, 5.74) is 0.298. The number of furan rings is 1. The highest BCUT2D eigenvalue weighted by atomic mass is 32.2. The number of amides is 1. The number of thioether (sulfide) groups is 1. The van der Waals surface area contributed by atoms with E-state index in [4.69, 9.17) is 4.42 Å². The standard InChI is InChI=1S/C21H21N5O2S/c1-21(14-22,16-9-10-16)23-18(27)13-29-20-25-24-19(17-8-5-11-28-17)26(20)12-15-6-3-2-4-7-15/h2-8,11,16H,9-10,12-13H2,1H3,(H,23,27). The van der Waals surface area contributed by atoms with E-state index in [2.05, 4.69) is 21.6 Å². The van der Waals surface area contributed by atoms with Crippen LogP contribution in [0.15, 0.2) is 58.3 Å². The van der Waals surface area contributed by atoms with E-state index in [9.17, 15) is 10.1 Å². The molecule has 0 aliphatic heterocycles. The number of nitrogens with one attached hydrogen (secondary N) is 1. The Morgan fingerprint density at radius 1 is 1.31 bits per heavy atom. The molecule has 2 heterocycles. The molecule has 0 bridgehead atoms. The highest BCUT2D eigenvalue weighted by Gasteiger charge is 2.43. The Kier molecular flexibility index (Phi) is 5.41. The summed E-state index contributed by atoms with van der Waals surface area (Å²) >= 11 is 1.30. The molecule has 1 saturated carbocycles. The molecule has 1 aromatic carbocycles. The lowest BCUT2D eigenvalue weighted by molar-refractivity contribution is -0.119. The first-order chi connectivity index (χ1) is 14.1. The largest absolute Gasteiger partial charge is 0.461 e. The van der Waals surface area contributed by atoms with Crippen LogP contribution < -0.4 is 5.32 Å². The molecule has 0 spiro atoms. The molecular weight excluding hydrogens is 386 g/mol. The van der Waals surface area contributed by atoms with Gasteiger partial charge >= 0.3 is 0 Å². The van der Waals surface area contributed by atoms with Crippen molar-refractivity contribution in [3.63, 3.8) is 0 Å². The fourth-order valence-corrected chi connectivity index (χ4v) is 3.97. The molecule has 0 radical (unpaired) electrons. The van der Waals surface area contributed by atoms with Gasteiger partial charge in [-0.2, -0.15) is 5.26 Å². The number of aromatic nitrogens is 3. The maximum Gasteiger partial charge on any atom is 0.231 e. The third kappa shape index (κ3) is 4.35. The van der Waals surface area contributed by atoms with Crippen LogP contribution in [0.2, 0.25) is 0 Å². The lowest BCUT2D eigenvalue weighted by Gasteiger charge is -2.22. The zero-order chi connectivity index (χ0) is 20.3. The van der Waals surface area contributed by atoms with Gasteiger partial charge in [0.05, 0.1) is 24.6 Å². The van der Waals surface area contributed by atoms with E-state index in [1.807, 2.05) is 41.0 Å². The number of hydrogen-bond acceptors (Lipinski definition) is 6. The molecule has 1 aliphatic carbocycles. The van der Waals surface area contributed by atoms with Crippen molar-refractivity contribution in [1.82, 2.24) is 20.1 Å². The summed E-state index contributed by atoms with van der Waals surface area (Å²) in [6.45, 7) is 2.35. The van der Waals surface area contributed by atoms with Gasteiger partial charge in [-0.05, 0) is 43.4 Å². The van der Waals surface area contributed by atoms with Gasteiger partial charge < -0.3 is 9.73 Å². The van der Waals surface area contributed by atoms with Crippen LogP contribution in [0.5, 0.6) is 0 Å². The predicted molar refractivity (Wildman–Crippen MR) is 109 cm³/mol. The Morgan fingerprint density at radius 3 is 2.76 bits per heavy atom. The Hall–Kier alpha value is -3.05. The van der Waals surface area contributed by atoms with Crippen LogP contribution in [0.1, 0.15) is 25.3 Å². The molecule has 1 fully saturated rings. The van der Waals surface area contributed by atoms with E-state index < -0.39 is 5.54 Å². The van der Waals surface area contributed by atoms with Gasteiger partial charge in [0.1, 0.15) is 5.54 Å². The van der Waals surface area contributed by atoms with Crippen molar-refractivity contribution in [2.24, 2.45) is 5.92 Å². The molecule has 3 aromatic rings. The fraction of sp³-hybridized carbons (Fsp3) is 0.333. The number of carbonyl (C=O) groups excluding carboxylic acids is 1. The van der Waals surface area contributed by atoms with Crippen molar-refractivity contribution in [3.8, 4) is 17.7 Å². The van der Waals surface area contributed by atoms with Gasteiger partial charge in [0.2, 0.25) is 11.7 Å². The summed E-state index contributed by atoms with van der Waals surface area (Å²) in [4.78, 5) is 12.5. The summed E-state index contributed by atoms with van der Waals surface area (Å²) in [6.07, 6.45) is 3.56. The van der Waals surface area contributed by atoms with E-state index in [1.54, 1.807) is 19.3 Å². The molecule has 4 rings (SSSR count). The highest BCUT2D eigenvalue weighted by Crippen LogP contribution is 2.39. The van der Waals surface area contributed by atoms with E-state index in [0.29, 0.717) is 23.3 Å². The molecule has 7 nitrogen and oxygen atoms in total. The van der Waals surface area contributed by atoms with Crippen molar-refractivity contribution >= 4 is 17.7 Å². The highest BCUT2D eigenvalue weighted by molar-refractivity contribution is 7.99. The lowest BCUT2D eigenvalue weighted by atomic mass is 9.98. The molecule has 0 saturated heterocycles. The van der Waals surface area contributed by atoms with Crippen LogP contribution in [0, 0.1) is 17.2 Å². The second-order valence-corrected chi connectivity index (χ2v) is 8.22. The van der Waals surface area contributed by atoms with Gasteiger partial charge in [-0.15, -0.1) is 10.2 Å². The van der Waals surface area contributed by atoms with E-state index >= 15 is 0 Å². The molecule has 1 amide bonds.